The van der Waals surface area contributed by atoms with Gasteiger partial charge in [0.2, 0.25) is 0 Å². The van der Waals surface area contributed by atoms with Crippen LogP contribution >= 0.6 is 11.8 Å². The largest absolute Gasteiger partial charge is 0.301 e. The number of nitrogens with one attached hydrogen (secondary N) is 1. The number of benzene rings is 1. The molecule has 0 aliphatic heterocycles. The lowest BCUT2D eigenvalue weighted by Crippen LogP contribution is -2.10. The molecule has 0 aliphatic rings. The second kappa shape index (κ2) is 6.57. The van der Waals surface area contributed by atoms with Gasteiger partial charge in [0.1, 0.15) is 0 Å². The second-order valence-corrected chi connectivity index (χ2v) is 5.93. The first-order valence-electron chi connectivity index (χ1n) is 6.50. The van der Waals surface area contributed by atoms with Gasteiger partial charge in [-0.1, -0.05) is 13.8 Å². The van der Waals surface area contributed by atoms with Crippen LogP contribution in [0.1, 0.15) is 25.5 Å². The van der Waals surface area contributed by atoms with E-state index in [0.29, 0.717) is 5.69 Å². The number of hydrogen-bond donors (Lipinski definition) is 1. The molecule has 120 valence electrons. The average Bonchev–Trinajstić information content (AvgIpc) is 2.46. The molecule has 1 aromatic heterocycles. The number of nitrogens with zero attached hydrogens (tertiary/aromatic N) is 3. The third kappa shape index (κ3) is 3.92. The van der Waals surface area contributed by atoms with Gasteiger partial charge in [-0.2, -0.15) is 0 Å². The maximum absolute atomic E-state index is 11.6. The van der Waals surface area contributed by atoms with Crippen LogP contribution in [0.4, 0.5) is 11.4 Å². The number of nitro benzene ring substituents is 2. The molecule has 0 amide bonds. The van der Waals surface area contributed by atoms with E-state index in [2.05, 4.69) is 9.97 Å². The van der Waals surface area contributed by atoms with E-state index < -0.39 is 15.5 Å². The van der Waals surface area contributed by atoms with E-state index in [0.717, 1.165) is 17.8 Å². The molecular weight excluding hydrogens is 324 g/mol. The summed E-state index contributed by atoms with van der Waals surface area (Å²) in [6, 6.07) is 4.68. The fraction of sp³-hybridized carbons (Fsp3) is 0.231. The molecule has 0 spiro atoms. The maximum atomic E-state index is 11.6. The van der Waals surface area contributed by atoms with Crippen LogP contribution in [0.3, 0.4) is 0 Å². The van der Waals surface area contributed by atoms with Gasteiger partial charge >= 0.3 is 0 Å². The number of non-ortho nitro benzene ring substituents is 1. The topological polar surface area (TPSA) is 132 Å². The monoisotopic (exact) mass is 336 g/mol. The summed E-state index contributed by atoms with van der Waals surface area (Å²) in [7, 11) is 0. The van der Waals surface area contributed by atoms with E-state index in [-0.39, 0.29) is 27.2 Å². The van der Waals surface area contributed by atoms with Gasteiger partial charge in [0.25, 0.3) is 16.9 Å². The van der Waals surface area contributed by atoms with Gasteiger partial charge in [-0.15, -0.1) is 0 Å². The molecular formula is C13H12N4O5S. The Morgan fingerprint density at radius 1 is 1.17 bits per heavy atom. The van der Waals surface area contributed by atoms with Crippen LogP contribution in [0, 0.1) is 20.2 Å². The van der Waals surface area contributed by atoms with Gasteiger partial charge in [-0.25, -0.2) is 4.98 Å². The zero-order chi connectivity index (χ0) is 17.1. The third-order valence-electron chi connectivity index (χ3n) is 2.89. The van der Waals surface area contributed by atoms with Crippen molar-refractivity contribution in [3.05, 3.63) is 60.5 Å². The lowest BCUT2D eigenvalue weighted by molar-refractivity contribution is -0.396. The van der Waals surface area contributed by atoms with Crippen molar-refractivity contribution in [3.63, 3.8) is 0 Å². The molecule has 0 saturated carbocycles. The van der Waals surface area contributed by atoms with Crippen LogP contribution in [0.2, 0.25) is 0 Å². The van der Waals surface area contributed by atoms with Crippen LogP contribution in [0.15, 0.2) is 39.1 Å². The van der Waals surface area contributed by atoms with Crippen molar-refractivity contribution in [1.29, 1.82) is 0 Å². The maximum Gasteiger partial charge on any atom is 0.290 e. The molecule has 2 aromatic rings. The molecule has 0 aliphatic carbocycles. The Bertz CT molecular complexity index is 833. The Hall–Kier alpha value is -2.75. The van der Waals surface area contributed by atoms with Gasteiger partial charge in [0.15, 0.2) is 5.16 Å². The number of H-pyrrole nitrogens is 1. The first-order chi connectivity index (χ1) is 10.8. The molecule has 0 atom stereocenters. The summed E-state index contributed by atoms with van der Waals surface area (Å²) < 4.78 is 0. The summed E-state index contributed by atoms with van der Waals surface area (Å²) in [6.45, 7) is 3.73. The van der Waals surface area contributed by atoms with Gasteiger partial charge in [-0.05, 0) is 23.7 Å². The predicted molar refractivity (Wildman–Crippen MR) is 82.8 cm³/mol. The smallest absolute Gasteiger partial charge is 0.290 e. The Morgan fingerprint density at radius 2 is 1.87 bits per heavy atom. The minimum absolute atomic E-state index is 0.0171. The zero-order valence-electron chi connectivity index (χ0n) is 12.2. The van der Waals surface area contributed by atoms with Crippen molar-refractivity contribution in [2.24, 2.45) is 0 Å². The zero-order valence-corrected chi connectivity index (χ0v) is 13.0. The number of aromatic nitrogens is 2. The number of nitro groups is 2. The van der Waals surface area contributed by atoms with E-state index in [1.807, 2.05) is 13.8 Å². The Labute approximate surface area is 134 Å². The standard InChI is InChI=1S/C13H12N4O5S/c1-7(2)9-6-12(18)15-13(14-9)23-11-4-3-8(16(19)20)5-10(11)17(21)22/h3-7H,1-2H3,(H,14,15,18). The van der Waals surface area contributed by atoms with E-state index in [1.165, 1.54) is 18.2 Å². The minimum Gasteiger partial charge on any atom is -0.301 e. The number of rotatable bonds is 5. The molecule has 23 heavy (non-hydrogen) atoms. The summed E-state index contributed by atoms with van der Waals surface area (Å²) in [5, 5.41) is 22.0. The lowest BCUT2D eigenvalue weighted by Gasteiger charge is -2.06. The van der Waals surface area contributed by atoms with Crippen LogP contribution in [-0.2, 0) is 0 Å². The number of aromatic amines is 1. The van der Waals surface area contributed by atoms with Crippen molar-refractivity contribution in [3.8, 4) is 0 Å². The Morgan fingerprint density at radius 3 is 2.43 bits per heavy atom. The minimum atomic E-state index is -0.709. The SMILES string of the molecule is CC(C)c1cc(=O)[nH]c(Sc2ccc([N+](=O)[O-])cc2[N+](=O)[O-])n1. The molecule has 0 bridgehead atoms. The highest BCUT2D eigenvalue weighted by molar-refractivity contribution is 7.99. The van der Waals surface area contributed by atoms with Crippen LogP contribution in [0.5, 0.6) is 0 Å². The quantitative estimate of drug-likeness (QED) is 0.504. The van der Waals surface area contributed by atoms with Crippen molar-refractivity contribution >= 4 is 23.1 Å². The van der Waals surface area contributed by atoms with E-state index in [1.54, 1.807) is 0 Å². The van der Waals surface area contributed by atoms with Crippen LogP contribution < -0.4 is 5.56 Å². The average molecular weight is 336 g/mol. The molecule has 1 heterocycles. The van der Waals surface area contributed by atoms with Gasteiger partial charge in [0, 0.05) is 12.1 Å². The fourth-order valence-electron chi connectivity index (χ4n) is 1.75. The van der Waals surface area contributed by atoms with E-state index >= 15 is 0 Å². The summed E-state index contributed by atoms with van der Waals surface area (Å²) in [6.07, 6.45) is 0. The van der Waals surface area contributed by atoms with Crippen LogP contribution in [0.25, 0.3) is 0 Å². The summed E-state index contributed by atoms with van der Waals surface area (Å²) in [5.41, 5.74) is -0.600. The molecule has 9 nitrogen and oxygen atoms in total. The lowest BCUT2D eigenvalue weighted by atomic mass is 10.1. The first-order valence-corrected chi connectivity index (χ1v) is 7.31. The molecule has 0 radical (unpaired) electrons. The molecule has 1 N–H and O–H groups in total. The molecule has 0 saturated heterocycles. The van der Waals surface area contributed by atoms with Gasteiger partial charge in [-0.3, -0.25) is 25.0 Å². The van der Waals surface area contributed by atoms with E-state index in [9.17, 15) is 25.0 Å². The van der Waals surface area contributed by atoms with Crippen molar-refractivity contribution in [1.82, 2.24) is 9.97 Å². The fourth-order valence-corrected chi connectivity index (χ4v) is 2.63. The highest BCUT2D eigenvalue weighted by atomic mass is 32.2. The molecule has 0 unspecified atom stereocenters. The second-order valence-electron chi connectivity index (χ2n) is 4.90. The predicted octanol–water partition coefficient (Wildman–Crippen LogP) is 2.86. The van der Waals surface area contributed by atoms with Crippen molar-refractivity contribution in [2.45, 2.75) is 29.8 Å². The molecule has 0 fully saturated rings. The van der Waals surface area contributed by atoms with Gasteiger partial charge < -0.3 is 4.98 Å². The van der Waals surface area contributed by atoms with Crippen molar-refractivity contribution in [2.75, 3.05) is 0 Å². The molecule has 2 rings (SSSR count). The highest BCUT2D eigenvalue weighted by Crippen LogP contribution is 2.35. The first kappa shape index (κ1) is 16.6. The summed E-state index contributed by atoms with van der Waals surface area (Å²) in [5.74, 6) is 0.0171. The van der Waals surface area contributed by atoms with E-state index in [4.69, 9.17) is 0 Å². The van der Waals surface area contributed by atoms with Crippen molar-refractivity contribution < 1.29 is 9.85 Å². The number of hydrogen-bond acceptors (Lipinski definition) is 7. The van der Waals surface area contributed by atoms with Crippen LogP contribution in [-0.4, -0.2) is 19.8 Å². The highest BCUT2D eigenvalue weighted by Gasteiger charge is 2.21. The molecule has 1 aromatic carbocycles. The Balaban J connectivity index is 2.46. The third-order valence-corrected chi connectivity index (χ3v) is 3.84. The summed E-state index contributed by atoms with van der Waals surface area (Å²) >= 11 is 0.878. The molecule has 10 heteroatoms. The summed E-state index contributed by atoms with van der Waals surface area (Å²) in [4.78, 5) is 38.9. The normalized spacial score (nSPS) is 10.7. The van der Waals surface area contributed by atoms with Gasteiger partial charge in [0.05, 0.1) is 26.5 Å². The Kier molecular flexibility index (Phi) is 4.74.